The minimum atomic E-state index is -0.714. The Hall–Kier alpha value is -1.36. The van der Waals surface area contributed by atoms with Crippen molar-refractivity contribution in [2.75, 3.05) is 13.1 Å². The largest absolute Gasteiger partial charge is 0.481 e. The number of benzene rings is 2. The summed E-state index contributed by atoms with van der Waals surface area (Å²) < 4.78 is 1.02. The predicted molar refractivity (Wildman–Crippen MR) is 99.4 cm³/mol. The van der Waals surface area contributed by atoms with E-state index in [1.165, 1.54) is 0 Å². The van der Waals surface area contributed by atoms with Gasteiger partial charge in [-0.1, -0.05) is 57.9 Å². The third-order valence-corrected chi connectivity index (χ3v) is 5.43. The van der Waals surface area contributed by atoms with Crippen LogP contribution in [0.4, 0.5) is 0 Å². The summed E-state index contributed by atoms with van der Waals surface area (Å²) in [5, 5.41) is 10.1. The molecule has 126 valence electrons. The van der Waals surface area contributed by atoms with E-state index in [2.05, 4.69) is 33.0 Å². The number of rotatable bonds is 4. The third-order valence-electron chi connectivity index (χ3n) is 4.55. The fourth-order valence-corrected chi connectivity index (χ4v) is 3.87. The molecule has 1 fully saturated rings. The van der Waals surface area contributed by atoms with Crippen LogP contribution in [-0.4, -0.2) is 29.1 Å². The number of hydrogen-bond acceptors (Lipinski definition) is 2. The van der Waals surface area contributed by atoms with E-state index < -0.39 is 5.97 Å². The molecule has 1 aliphatic rings. The first-order valence-corrected chi connectivity index (χ1v) is 9.20. The summed E-state index contributed by atoms with van der Waals surface area (Å²) in [6.07, 6.45) is 1.62. The lowest BCUT2D eigenvalue weighted by atomic mass is 9.91. The van der Waals surface area contributed by atoms with Crippen LogP contribution in [0.2, 0.25) is 5.02 Å². The molecule has 0 amide bonds. The van der Waals surface area contributed by atoms with E-state index >= 15 is 0 Å². The Balaban J connectivity index is 2.00. The van der Waals surface area contributed by atoms with Crippen LogP contribution in [0, 0.1) is 5.92 Å². The van der Waals surface area contributed by atoms with Crippen molar-refractivity contribution >= 4 is 33.5 Å². The van der Waals surface area contributed by atoms with Gasteiger partial charge in [0.2, 0.25) is 0 Å². The van der Waals surface area contributed by atoms with Crippen LogP contribution in [0.15, 0.2) is 53.0 Å². The Bertz CT molecular complexity index is 720. The zero-order valence-corrected chi connectivity index (χ0v) is 15.5. The normalized spacial score (nSPS) is 19.8. The molecule has 2 atom stereocenters. The van der Waals surface area contributed by atoms with Gasteiger partial charge in [-0.3, -0.25) is 9.69 Å². The van der Waals surface area contributed by atoms with Crippen molar-refractivity contribution in [1.29, 1.82) is 0 Å². The smallest absolute Gasteiger partial charge is 0.307 e. The Morgan fingerprint density at radius 1 is 1.21 bits per heavy atom. The number of nitrogens with zero attached hydrogens (tertiary/aromatic N) is 1. The zero-order chi connectivity index (χ0) is 17.1. The van der Waals surface area contributed by atoms with E-state index in [9.17, 15) is 9.90 Å². The fourth-order valence-electron chi connectivity index (χ4n) is 3.37. The SMILES string of the molecule is O=C(O)C1CCCN(C(c2ccc(Br)cc2)c2ccccc2Cl)C1. The number of halogens is 2. The number of carbonyl (C=O) groups is 1. The Morgan fingerprint density at radius 3 is 2.58 bits per heavy atom. The van der Waals surface area contributed by atoms with Crippen LogP contribution < -0.4 is 0 Å². The van der Waals surface area contributed by atoms with Crippen LogP contribution in [-0.2, 0) is 4.79 Å². The molecule has 1 aliphatic heterocycles. The average molecular weight is 409 g/mol. The molecule has 3 nitrogen and oxygen atoms in total. The molecule has 1 heterocycles. The predicted octanol–water partition coefficient (Wildman–Crippen LogP) is 4.99. The van der Waals surface area contributed by atoms with Gasteiger partial charge in [0.15, 0.2) is 0 Å². The molecule has 2 aromatic rings. The third kappa shape index (κ3) is 3.82. The molecule has 0 aliphatic carbocycles. The van der Waals surface area contributed by atoms with Crippen LogP contribution >= 0.6 is 27.5 Å². The molecule has 0 aromatic heterocycles. The van der Waals surface area contributed by atoms with E-state index in [0.717, 1.165) is 35.0 Å². The summed E-state index contributed by atoms with van der Waals surface area (Å²) in [4.78, 5) is 13.7. The second-order valence-corrected chi connectivity index (χ2v) is 7.47. The van der Waals surface area contributed by atoms with Crippen LogP contribution in [0.5, 0.6) is 0 Å². The van der Waals surface area contributed by atoms with Crippen molar-refractivity contribution in [3.8, 4) is 0 Å². The molecule has 0 radical (unpaired) electrons. The first-order chi connectivity index (χ1) is 11.6. The average Bonchev–Trinajstić information content (AvgIpc) is 2.59. The van der Waals surface area contributed by atoms with Gasteiger partial charge < -0.3 is 5.11 Å². The summed E-state index contributed by atoms with van der Waals surface area (Å²) in [6.45, 7) is 1.41. The second-order valence-electron chi connectivity index (χ2n) is 6.15. The van der Waals surface area contributed by atoms with Crippen molar-refractivity contribution in [3.63, 3.8) is 0 Å². The maximum absolute atomic E-state index is 11.4. The van der Waals surface area contributed by atoms with E-state index in [0.29, 0.717) is 11.6 Å². The molecule has 3 rings (SSSR count). The van der Waals surface area contributed by atoms with Crippen LogP contribution in [0.25, 0.3) is 0 Å². The van der Waals surface area contributed by atoms with Crippen LogP contribution in [0.3, 0.4) is 0 Å². The van der Waals surface area contributed by atoms with Gasteiger partial charge in [-0.2, -0.15) is 0 Å². The van der Waals surface area contributed by atoms with Gasteiger partial charge in [-0.05, 0) is 48.7 Å². The van der Waals surface area contributed by atoms with Crippen LogP contribution in [0.1, 0.15) is 30.0 Å². The highest BCUT2D eigenvalue weighted by Gasteiger charge is 2.32. The maximum atomic E-state index is 11.4. The molecule has 1 N–H and O–H groups in total. The minimum Gasteiger partial charge on any atom is -0.481 e. The first-order valence-electron chi connectivity index (χ1n) is 8.03. The van der Waals surface area contributed by atoms with Crippen molar-refractivity contribution in [3.05, 3.63) is 69.2 Å². The molecule has 5 heteroatoms. The molecule has 2 unspecified atom stereocenters. The minimum absolute atomic E-state index is 0.0334. The zero-order valence-electron chi connectivity index (χ0n) is 13.2. The summed E-state index contributed by atoms with van der Waals surface area (Å²) in [5.41, 5.74) is 2.14. The summed E-state index contributed by atoms with van der Waals surface area (Å²) >= 11 is 9.94. The first kappa shape index (κ1) is 17.5. The monoisotopic (exact) mass is 407 g/mol. The molecule has 1 saturated heterocycles. The summed E-state index contributed by atoms with van der Waals surface area (Å²) in [6, 6.07) is 15.9. The molecule has 0 bridgehead atoms. The number of carboxylic acid groups (broad SMARTS) is 1. The van der Waals surface area contributed by atoms with Gasteiger partial charge in [0, 0.05) is 16.0 Å². The highest BCUT2D eigenvalue weighted by molar-refractivity contribution is 9.10. The summed E-state index contributed by atoms with van der Waals surface area (Å²) in [5.74, 6) is -1.03. The van der Waals surface area contributed by atoms with Gasteiger partial charge >= 0.3 is 5.97 Å². The lowest BCUT2D eigenvalue weighted by Gasteiger charge is -2.38. The van der Waals surface area contributed by atoms with E-state index in [1.54, 1.807) is 0 Å². The number of piperidine rings is 1. The van der Waals surface area contributed by atoms with Gasteiger partial charge in [0.05, 0.1) is 12.0 Å². The van der Waals surface area contributed by atoms with Gasteiger partial charge in [-0.25, -0.2) is 0 Å². The van der Waals surface area contributed by atoms with Gasteiger partial charge in [0.1, 0.15) is 0 Å². The molecule has 2 aromatic carbocycles. The van der Waals surface area contributed by atoms with Crippen molar-refractivity contribution in [2.45, 2.75) is 18.9 Å². The number of carboxylic acids is 1. The Kier molecular flexibility index (Phi) is 5.59. The fraction of sp³-hybridized carbons (Fsp3) is 0.316. The lowest BCUT2D eigenvalue weighted by Crippen LogP contribution is -2.41. The maximum Gasteiger partial charge on any atom is 0.307 e. The van der Waals surface area contributed by atoms with Gasteiger partial charge in [0.25, 0.3) is 0 Å². The standard InChI is InChI=1S/C19H19BrClNO2/c20-15-9-7-13(8-10-15)18(16-5-1-2-6-17(16)21)22-11-3-4-14(12-22)19(23)24/h1-2,5-10,14,18H,3-4,11-12H2,(H,23,24). The van der Waals surface area contributed by atoms with Crippen molar-refractivity contribution in [2.24, 2.45) is 5.92 Å². The highest BCUT2D eigenvalue weighted by Crippen LogP contribution is 2.36. The second kappa shape index (κ2) is 7.68. The number of aliphatic carboxylic acids is 1. The lowest BCUT2D eigenvalue weighted by molar-refractivity contribution is -0.143. The quantitative estimate of drug-likeness (QED) is 0.775. The van der Waals surface area contributed by atoms with E-state index in [4.69, 9.17) is 11.6 Å². The Labute approximate surface area is 155 Å². The number of hydrogen-bond donors (Lipinski definition) is 1. The van der Waals surface area contributed by atoms with E-state index in [1.807, 2.05) is 36.4 Å². The van der Waals surface area contributed by atoms with Gasteiger partial charge in [-0.15, -0.1) is 0 Å². The molecular weight excluding hydrogens is 390 g/mol. The summed E-state index contributed by atoms with van der Waals surface area (Å²) in [7, 11) is 0. The highest BCUT2D eigenvalue weighted by atomic mass is 79.9. The molecule has 24 heavy (non-hydrogen) atoms. The van der Waals surface area contributed by atoms with Crippen molar-refractivity contribution in [1.82, 2.24) is 4.90 Å². The molecule has 0 spiro atoms. The Morgan fingerprint density at radius 2 is 1.92 bits per heavy atom. The van der Waals surface area contributed by atoms with Crippen molar-refractivity contribution < 1.29 is 9.90 Å². The molecular formula is C19H19BrClNO2. The number of likely N-dealkylation sites (tertiary alicyclic amines) is 1. The molecule has 0 saturated carbocycles. The topological polar surface area (TPSA) is 40.5 Å². The van der Waals surface area contributed by atoms with E-state index in [-0.39, 0.29) is 12.0 Å².